The van der Waals surface area contributed by atoms with Crippen molar-refractivity contribution in [3.8, 4) is 0 Å². The maximum absolute atomic E-state index is 13.2. The summed E-state index contributed by atoms with van der Waals surface area (Å²) in [6, 6.07) is 3.77. The van der Waals surface area contributed by atoms with Crippen LogP contribution in [0.2, 0.25) is 5.02 Å². The van der Waals surface area contributed by atoms with Crippen LogP contribution in [0, 0.1) is 5.82 Å². The topological polar surface area (TPSA) is 55.1 Å². The molecule has 1 atom stereocenters. The third kappa shape index (κ3) is 4.23. The number of hydrogen-bond donors (Lipinski definition) is 2. The number of nitrogens with one attached hydrogen (secondary N) is 1. The van der Waals surface area contributed by atoms with E-state index in [2.05, 4.69) is 5.32 Å². The molecular formula is C12H14ClFN2OS. The molecule has 1 aromatic rings. The van der Waals surface area contributed by atoms with E-state index < -0.39 is 5.82 Å². The summed E-state index contributed by atoms with van der Waals surface area (Å²) >= 11 is 10.3. The van der Waals surface area contributed by atoms with Gasteiger partial charge in [-0.3, -0.25) is 4.79 Å². The van der Waals surface area contributed by atoms with Crippen LogP contribution in [0.3, 0.4) is 0 Å². The molecule has 0 aliphatic rings. The average molecular weight is 289 g/mol. The number of nitrogens with two attached hydrogens (primary N) is 1. The second-order valence-corrected chi connectivity index (χ2v) is 4.81. The Kier molecular flexibility index (Phi) is 5.50. The highest BCUT2D eigenvalue weighted by atomic mass is 35.5. The Bertz CT molecular complexity index is 467. The maximum Gasteiger partial charge on any atom is 0.251 e. The van der Waals surface area contributed by atoms with E-state index in [-0.39, 0.29) is 22.5 Å². The highest BCUT2D eigenvalue weighted by molar-refractivity contribution is 7.80. The van der Waals surface area contributed by atoms with Gasteiger partial charge in [0.15, 0.2) is 0 Å². The fraction of sp³-hybridized carbons (Fsp3) is 0.333. The van der Waals surface area contributed by atoms with Crippen molar-refractivity contribution in [2.75, 3.05) is 0 Å². The van der Waals surface area contributed by atoms with Crippen molar-refractivity contribution >= 4 is 34.7 Å². The van der Waals surface area contributed by atoms with Crippen LogP contribution in [-0.4, -0.2) is 16.9 Å². The first-order chi connectivity index (χ1) is 8.43. The highest BCUT2D eigenvalue weighted by Crippen LogP contribution is 2.15. The standard InChI is InChI=1S/C12H14ClFN2OS/c1-2-8(6-11(15)18)16-12(17)7-3-4-9(13)10(14)5-7/h3-5,8H,2,6H2,1H3,(H2,15,18)(H,16,17). The van der Waals surface area contributed by atoms with Gasteiger partial charge >= 0.3 is 0 Å². The molecule has 0 saturated carbocycles. The Balaban J connectivity index is 2.74. The zero-order valence-electron chi connectivity index (χ0n) is 9.87. The summed E-state index contributed by atoms with van der Waals surface area (Å²) < 4.78 is 13.2. The zero-order valence-corrected chi connectivity index (χ0v) is 11.4. The second-order valence-electron chi connectivity index (χ2n) is 3.88. The minimum absolute atomic E-state index is 0.0123. The molecule has 0 heterocycles. The molecule has 0 fully saturated rings. The van der Waals surface area contributed by atoms with Gasteiger partial charge in [-0.05, 0) is 24.6 Å². The molecule has 0 aliphatic heterocycles. The van der Waals surface area contributed by atoms with Crippen LogP contribution in [-0.2, 0) is 0 Å². The van der Waals surface area contributed by atoms with E-state index in [1.165, 1.54) is 12.1 Å². The van der Waals surface area contributed by atoms with Crippen molar-refractivity contribution in [3.63, 3.8) is 0 Å². The number of hydrogen-bond acceptors (Lipinski definition) is 2. The molecule has 3 nitrogen and oxygen atoms in total. The summed E-state index contributed by atoms with van der Waals surface area (Å²) in [4.78, 5) is 12.2. The van der Waals surface area contributed by atoms with Crippen LogP contribution in [0.25, 0.3) is 0 Å². The fourth-order valence-electron chi connectivity index (χ4n) is 1.45. The smallest absolute Gasteiger partial charge is 0.251 e. The Hall–Kier alpha value is -1.20. The van der Waals surface area contributed by atoms with Gasteiger partial charge in [-0.15, -0.1) is 0 Å². The summed E-state index contributed by atoms with van der Waals surface area (Å²) in [6.45, 7) is 1.91. The molecule has 98 valence electrons. The molecule has 0 aromatic heterocycles. The van der Waals surface area contributed by atoms with Crippen molar-refractivity contribution in [2.24, 2.45) is 5.73 Å². The van der Waals surface area contributed by atoms with E-state index in [4.69, 9.17) is 29.6 Å². The number of halogens is 2. The van der Waals surface area contributed by atoms with Gasteiger partial charge in [-0.25, -0.2) is 4.39 Å². The van der Waals surface area contributed by atoms with E-state index in [0.717, 1.165) is 6.07 Å². The summed E-state index contributed by atoms with van der Waals surface area (Å²) in [5.41, 5.74) is 5.65. The molecule has 1 aromatic carbocycles. The third-order valence-electron chi connectivity index (χ3n) is 2.46. The largest absolute Gasteiger partial charge is 0.393 e. The van der Waals surface area contributed by atoms with Crippen molar-refractivity contribution in [1.82, 2.24) is 5.32 Å². The molecular weight excluding hydrogens is 275 g/mol. The van der Waals surface area contributed by atoms with E-state index in [9.17, 15) is 9.18 Å². The van der Waals surface area contributed by atoms with Crippen LogP contribution >= 0.6 is 23.8 Å². The van der Waals surface area contributed by atoms with Gasteiger partial charge in [0.1, 0.15) is 5.82 Å². The van der Waals surface area contributed by atoms with Crippen LogP contribution in [0.4, 0.5) is 4.39 Å². The highest BCUT2D eigenvalue weighted by Gasteiger charge is 2.14. The Morgan fingerprint density at radius 2 is 2.28 bits per heavy atom. The summed E-state index contributed by atoms with van der Waals surface area (Å²) in [6.07, 6.45) is 1.12. The number of benzene rings is 1. The van der Waals surface area contributed by atoms with Crippen LogP contribution < -0.4 is 11.1 Å². The second kappa shape index (κ2) is 6.66. The first-order valence-corrected chi connectivity index (χ1v) is 6.26. The normalized spacial score (nSPS) is 11.9. The molecule has 0 saturated heterocycles. The van der Waals surface area contributed by atoms with Gasteiger partial charge in [0.05, 0.1) is 10.0 Å². The van der Waals surface area contributed by atoms with Gasteiger partial charge < -0.3 is 11.1 Å². The van der Waals surface area contributed by atoms with Crippen molar-refractivity contribution in [1.29, 1.82) is 0 Å². The lowest BCUT2D eigenvalue weighted by Gasteiger charge is -2.16. The molecule has 1 rings (SSSR count). The average Bonchev–Trinajstić information content (AvgIpc) is 2.31. The SMILES string of the molecule is CCC(CC(N)=S)NC(=O)c1ccc(Cl)c(F)c1. The molecule has 3 N–H and O–H groups in total. The Morgan fingerprint density at radius 3 is 2.78 bits per heavy atom. The minimum atomic E-state index is -0.619. The molecule has 1 amide bonds. The van der Waals surface area contributed by atoms with Gasteiger partial charge in [0, 0.05) is 18.0 Å². The molecule has 0 radical (unpaired) electrons. The van der Waals surface area contributed by atoms with Crippen LogP contribution in [0.5, 0.6) is 0 Å². The number of rotatable bonds is 5. The molecule has 1 unspecified atom stereocenters. The molecule has 0 bridgehead atoms. The molecule has 6 heteroatoms. The fourth-order valence-corrected chi connectivity index (χ4v) is 1.77. The van der Waals surface area contributed by atoms with E-state index in [1.54, 1.807) is 0 Å². The maximum atomic E-state index is 13.2. The first kappa shape index (κ1) is 14.9. The third-order valence-corrected chi connectivity index (χ3v) is 2.93. The molecule has 0 aliphatic carbocycles. The van der Waals surface area contributed by atoms with E-state index >= 15 is 0 Å². The summed E-state index contributed by atoms with van der Waals surface area (Å²) in [7, 11) is 0. The number of carbonyl (C=O) groups is 1. The van der Waals surface area contributed by atoms with Crippen LogP contribution in [0.1, 0.15) is 30.1 Å². The van der Waals surface area contributed by atoms with E-state index in [0.29, 0.717) is 17.8 Å². The first-order valence-electron chi connectivity index (χ1n) is 5.48. The van der Waals surface area contributed by atoms with Crippen molar-refractivity contribution in [3.05, 3.63) is 34.6 Å². The number of amides is 1. The zero-order chi connectivity index (χ0) is 13.7. The lowest BCUT2D eigenvalue weighted by atomic mass is 10.1. The lowest BCUT2D eigenvalue weighted by Crippen LogP contribution is -2.37. The van der Waals surface area contributed by atoms with Gasteiger partial charge in [-0.1, -0.05) is 30.7 Å². The monoisotopic (exact) mass is 288 g/mol. The summed E-state index contributed by atoms with van der Waals surface area (Å²) in [5, 5.41) is 2.73. The van der Waals surface area contributed by atoms with Crippen molar-refractivity contribution < 1.29 is 9.18 Å². The summed E-state index contributed by atoms with van der Waals surface area (Å²) in [5.74, 6) is -0.986. The predicted molar refractivity (Wildman–Crippen MR) is 74.4 cm³/mol. The molecule has 18 heavy (non-hydrogen) atoms. The predicted octanol–water partition coefficient (Wildman–Crippen LogP) is 2.66. The van der Waals surface area contributed by atoms with Crippen molar-refractivity contribution in [2.45, 2.75) is 25.8 Å². The van der Waals surface area contributed by atoms with Gasteiger partial charge in [0.25, 0.3) is 5.91 Å². The Labute approximate surface area is 115 Å². The number of thiocarbonyl (C=S) groups is 1. The lowest BCUT2D eigenvalue weighted by molar-refractivity contribution is 0.0937. The minimum Gasteiger partial charge on any atom is -0.393 e. The molecule has 0 spiro atoms. The van der Waals surface area contributed by atoms with Crippen LogP contribution in [0.15, 0.2) is 18.2 Å². The van der Waals surface area contributed by atoms with Gasteiger partial charge in [0.2, 0.25) is 0 Å². The number of carbonyl (C=O) groups excluding carboxylic acids is 1. The quantitative estimate of drug-likeness (QED) is 0.819. The van der Waals surface area contributed by atoms with E-state index in [1.807, 2.05) is 6.92 Å². The van der Waals surface area contributed by atoms with Gasteiger partial charge in [-0.2, -0.15) is 0 Å². The Morgan fingerprint density at radius 1 is 1.61 bits per heavy atom.